The number of hydrogen-bond acceptors (Lipinski definition) is 2. The van der Waals surface area contributed by atoms with Crippen LogP contribution in [0, 0.1) is 17.1 Å². The van der Waals surface area contributed by atoms with Crippen LogP contribution in [0.4, 0.5) is 10.1 Å². The summed E-state index contributed by atoms with van der Waals surface area (Å²) in [7, 11) is 0. The first-order valence-corrected chi connectivity index (χ1v) is 5.18. The Hall–Kier alpha value is -1.56. The molecule has 1 atom stereocenters. The van der Waals surface area contributed by atoms with Gasteiger partial charge in [-0.15, -0.1) is 0 Å². The molecule has 80 valence electrons. The van der Waals surface area contributed by atoms with Crippen molar-refractivity contribution < 1.29 is 4.39 Å². The molecule has 15 heavy (non-hydrogen) atoms. The molecule has 1 aromatic carbocycles. The smallest absolute Gasteiger partial charge is 0.125 e. The van der Waals surface area contributed by atoms with Crippen molar-refractivity contribution in [1.82, 2.24) is 0 Å². The Labute approximate surface area is 89.7 Å². The molecule has 3 heteroatoms. The van der Waals surface area contributed by atoms with Gasteiger partial charge in [-0.2, -0.15) is 5.26 Å². The van der Waals surface area contributed by atoms with Gasteiger partial charge in [-0.05, 0) is 24.6 Å². The van der Waals surface area contributed by atoms with Gasteiger partial charge in [0.05, 0.1) is 6.07 Å². The molecule has 0 saturated heterocycles. The Morgan fingerprint density at radius 1 is 1.53 bits per heavy atom. The molecule has 1 unspecified atom stereocenters. The van der Waals surface area contributed by atoms with Crippen LogP contribution in [0.5, 0.6) is 0 Å². The fourth-order valence-corrected chi connectivity index (χ4v) is 1.36. The summed E-state index contributed by atoms with van der Waals surface area (Å²) >= 11 is 0. The van der Waals surface area contributed by atoms with E-state index in [1.165, 1.54) is 12.1 Å². The van der Waals surface area contributed by atoms with E-state index in [1.54, 1.807) is 12.1 Å². The van der Waals surface area contributed by atoms with Crippen LogP contribution in [0.1, 0.15) is 26.2 Å². The van der Waals surface area contributed by atoms with E-state index in [0.29, 0.717) is 5.69 Å². The zero-order chi connectivity index (χ0) is 11.1. The van der Waals surface area contributed by atoms with E-state index < -0.39 is 0 Å². The highest BCUT2D eigenvalue weighted by atomic mass is 19.1. The predicted octanol–water partition coefficient (Wildman–Crippen LogP) is 3.32. The first kappa shape index (κ1) is 11.5. The third-order valence-corrected chi connectivity index (χ3v) is 2.17. The van der Waals surface area contributed by atoms with Gasteiger partial charge in [0.25, 0.3) is 0 Å². The van der Waals surface area contributed by atoms with Gasteiger partial charge in [-0.3, -0.25) is 0 Å². The number of benzene rings is 1. The number of nitriles is 1. The largest absolute Gasteiger partial charge is 0.370 e. The molecule has 0 saturated carbocycles. The number of unbranched alkanes of at least 4 members (excludes halogenated alkanes) is 1. The van der Waals surface area contributed by atoms with Crippen LogP contribution in [0.15, 0.2) is 24.3 Å². The van der Waals surface area contributed by atoms with Gasteiger partial charge in [-0.25, -0.2) is 4.39 Å². The number of nitrogens with one attached hydrogen (secondary N) is 1. The molecule has 0 aromatic heterocycles. The van der Waals surface area contributed by atoms with E-state index >= 15 is 0 Å². The van der Waals surface area contributed by atoms with Crippen LogP contribution in [0.25, 0.3) is 0 Å². The van der Waals surface area contributed by atoms with Crippen LogP contribution < -0.4 is 5.32 Å². The second kappa shape index (κ2) is 6.02. The van der Waals surface area contributed by atoms with Crippen LogP contribution in [-0.2, 0) is 0 Å². The third kappa shape index (κ3) is 3.99. The maximum absolute atomic E-state index is 12.9. The zero-order valence-electron chi connectivity index (χ0n) is 8.83. The second-order valence-corrected chi connectivity index (χ2v) is 3.48. The van der Waals surface area contributed by atoms with Crippen LogP contribution in [-0.4, -0.2) is 6.04 Å². The van der Waals surface area contributed by atoms with Gasteiger partial charge in [0.1, 0.15) is 11.9 Å². The second-order valence-electron chi connectivity index (χ2n) is 3.48. The Morgan fingerprint density at radius 2 is 2.33 bits per heavy atom. The van der Waals surface area contributed by atoms with Gasteiger partial charge in [0.2, 0.25) is 0 Å². The lowest BCUT2D eigenvalue weighted by molar-refractivity contribution is 0.627. The standard InChI is InChI=1S/C12H15FN2/c1-2-3-6-12(9-14)15-11-7-4-5-10(13)8-11/h4-5,7-8,12,15H,2-3,6H2,1H3. The molecule has 2 nitrogen and oxygen atoms in total. The molecular formula is C12H15FN2. The minimum absolute atomic E-state index is 0.230. The summed E-state index contributed by atoms with van der Waals surface area (Å²) in [4.78, 5) is 0. The van der Waals surface area contributed by atoms with E-state index in [-0.39, 0.29) is 11.9 Å². The number of hydrogen-bond donors (Lipinski definition) is 1. The SMILES string of the molecule is CCCCC(C#N)Nc1cccc(F)c1. The van der Waals surface area contributed by atoms with Gasteiger partial charge in [-0.1, -0.05) is 25.8 Å². The molecule has 1 N–H and O–H groups in total. The van der Waals surface area contributed by atoms with E-state index in [9.17, 15) is 4.39 Å². The summed E-state index contributed by atoms with van der Waals surface area (Å²) in [6.07, 6.45) is 2.85. The van der Waals surface area contributed by atoms with Crippen molar-refractivity contribution in [1.29, 1.82) is 5.26 Å². The average Bonchev–Trinajstić information content (AvgIpc) is 2.24. The fourth-order valence-electron chi connectivity index (χ4n) is 1.36. The molecule has 0 aliphatic heterocycles. The summed E-state index contributed by atoms with van der Waals surface area (Å²) in [5, 5.41) is 11.9. The summed E-state index contributed by atoms with van der Waals surface area (Å²) in [5.74, 6) is -0.285. The summed E-state index contributed by atoms with van der Waals surface area (Å²) < 4.78 is 12.9. The van der Waals surface area contributed by atoms with Crippen molar-refractivity contribution in [2.24, 2.45) is 0 Å². The normalized spacial score (nSPS) is 11.8. The summed E-state index contributed by atoms with van der Waals surface area (Å²) in [6, 6.07) is 8.12. The maximum atomic E-state index is 12.9. The minimum Gasteiger partial charge on any atom is -0.370 e. The summed E-state index contributed by atoms with van der Waals surface area (Å²) in [6.45, 7) is 2.08. The fraction of sp³-hybridized carbons (Fsp3) is 0.417. The summed E-state index contributed by atoms with van der Waals surface area (Å²) in [5.41, 5.74) is 0.664. The monoisotopic (exact) mass is 206 g/mol. The number of halogens is 1. The molecule has 0 amide bonds. The Bertz CT molecular complexity index is 344. The Kier molecular flexibility index (Phi) is 4.62. The number of rotatable bonds is 5. The maximum Gasteiger partial charge on any atom is 0.125 e. The molecule has 0 aliphatic rings. The van der Waals surface area contributed by atoms with E-state index in [2.05, 4.69) is 18.3 Å². The predicted molar refractivity (Wildman–Crippen MR) is 58.9 cm³/mol. The zero-order valence-corrected chi connectivity index (χ0v) is 8.83. The highest BCUT2D eigenvalue weighted by molar-refractivity contribution is 5.45. The molecule has 0 heterocycles. The van der Waals surface area contributed by atoms with Crippen LogP contribution in [0.3, 0.4) is 0 Å². The Morgan fingerprint density at radius 3 is 2.93 bits per heavy atom. The van der Waals surface area contributed by atoms with Crippen molar-refractivity contribution in [3.8, 4) is 6.07 Å². The highest BCUT2D eigenvalue weighted by Crippen LogP contribution is 2.12. The van der Waals surface area contributed by atoms with Crippen molar-refractivity contribution in [3.63, 3.8) is 0 Å². The molecule has 1 rings (SSSR count). The van der Waals surface area contributed by atoms with E-state index in [4.69, 9.17) is 5.26 Å². The lowest BCUT2D eigenvalue weighted by Gasteiger charge is -2.12. The molecule has 0 spiro atoms. The lowest BCUT2D eigenvalue weighted by atomic mass is 10.1. The molecular weight excluding hydrogens is 191 g/mol. The van der Waals surface area contributed by atoms with Crippen molar-refractivity contribution in [3.05, 3.63) is 30.1 Å². The van der Waals surface area contributed by atoms with Gasteiger partial charge >= 0.3 is 0 Å². The number of anilines is 1. The van der Waals surface area contributed by atoms with Crippen LogP contribution >= 0.6 is 0 Å². The first-order chi connectivity index (χ1) is 7.26. The minimum atomic E-state index is -0.285. The van der Waals surface area contributed by atoms with Crippen molar-refractivity contribution in [2.75, 3.05) is 5.32 Å². The van der Waals surface area contributed by atoms with Crippen molar-refractivity contribution >= 4 is 5.69 Å². The molecule has 0 radical (unpaired) electrons. The molecule has 1 aromatic rings. The van der Waals surface area contributed by atoms with Gasteiger partial charge in [0, 0.05) is 5.69 Å². The quantitative estimate of drug-likeness (QED) is 0.802. The van der Waals surface area contributed by atoms with Crippen molar-refractivity contribution in [2.45, 2.75) is 32.2 Å². The molecule has 0 bridgehead atoms. The number of nitrogens with zero attached hydrogens (tertiary/aromatic N) is 1. The van der Waals surface area contributed by atoms with E-state index in [1.807, 2.05) is 0 Å². The van der Waals surface area contributed by atoms with Crippen LogP contribution in [0.2, 0.25) is 0 Å². The van der Waals surface area contributed by atoms with E-state index in [0.717, 1.165) is 19.3 Å². The van der Waals surface area contributed by atoms with Gasteiger partial charge < -0.3 is 5.32 Å². The highest BCUT2D eigenvalue weighted by Gasteiger charge is 2.06. The topological polar surface area (TPSA) is 35.8 Å². The average molecular weight is 206 g/mol. The Balaban J connectivity index is 2.55. The first-order valence-electron chi connectivity index (χ1n) is 5.18. The third-order valence-electron chi connectivity index (χ3n) is 2.17. The molecule has 0 fully saturated rings. The lowest BCUT2D eigenvalue weighted by Crippen LogP contribution is -2.16. The molecule has 0 aliphatic carbocycles. The van der Waals surface area contributed by atoms with Gasteiger partial charge in [0.15, 0.2) is 0 Å².